The highest BCUT2D eigenvalue weighted by Crippen LogP contribution is 2.13. The molecule has 0 saturated carbocycles. The van der Waals surface area contributed by atoms with Gasteiger partial charge >= 0.3 is 5.97 Å². The number of hydrogen-bond acceptors (Lipinski definition) is 4. The van der Waals surface area contributed by atoms with Crippen LogP contribution in [0.5, 0.6) is 0 Å². The Balaban J connectivity index is 2.74. The highest BCUT2D eigenvalue weighted by molar-refractivity contribution is 9.10. The van der Waals surface area contributed by atoms with Crippen LogP contribution in [-0.4, -0.2) is 36.2 Å². The Labute approximate surface area is 139 Å². The molecule has 22 heavy (non-hydrogen) atoms. The molecule has 0 heterocycles. The number of aliphatic hydroxyl groups excluding tert-OH is 1. The number of carbonyl (C=O) groups excluding carboxylic acids is 2. The number of methoxy groups -OCH3 is 1. The van der Waals surface area contributed by atoms with Crippen molar-refractivity contribution in [1.82, 2.24) is 5.32 Å². The normalized spacial score (nSPS) is 13.5. The van der Waals surface area contributed by atoms with Gasteiger partial charge in [-0.3, -0.25) is 4.79 Å². The quantitative estimate of drug-likeness (QED) is 0.719. The van der Waals surface area contributed by atoms with E-state index >= 15 is 0 Å². The predicted molar refractivity (Wildman–Crippen MR) is 87.3 cm³/mol. The third kappa shape index (κ3) is 6.15. The molecule has 1 aromatic carbocycles. The average molecular weight is 372 g/mol. The number of ether oxygens (including phenoxy) is 1. The monoisotopic (exact) mass is 371 g/mol. The zero-order valence-corrected chi connectivity index (χ0v) is 14.6. The second-order valence-corrected chi connectivity index (χ2v) is 6.48. The summed E-state index contributed by atoms with van der Waals surface area (Å²) < 4.78 is 5.66. The summed E-state index contributed by atoms with van der Waals surface area (Å²) in [5.41, 5.74) is 0.886. The molecule has 1 amide bonds. The van der Waals surface area contributed by atoms with Crippen molar-refractivity contribution < 1.29 is 19.4 Å². The lowest BCUT2D eigenvalue weighted by atomic mass is 10.0. The van der Waals surface area contributed by atoms with Gasteiger partial charge in [0.05, 0.1) is 7.11 Å². The number of esters is 1. The second kappa shape index (κ2) is 8.90. The fourth-order valence-corrected chi connectivity index (χ4v) is 2.28. The molecular formula is C16H22BrNO4. The van der Waals surface area contributed by atoms with Crippen molar-refractivity contribution in [2.75, 3.05) is 7.11 Å². The summed E-state index contributed by atoms with van der Waals surface area (Å²) in [7, 11) is 1.27. The number of hydrogen-bond donors (Lipinski definition) is 2. The van der Waals surface area contributed by atoms with Crippen LogP contribution in [0.25, 0.3) is 0 Å². The van der Waals surface area contributed by atoms with E-state index in [2.05, 4.69) is 21.2 Å². The fraction of sp³-hybridized carbons (Fsp3) is 0.500. The highest BCUT2D eigenvalue weighted by Gasteiger charge is 2.25. The van der Waals surface area contributed by atoms with Crippen molar-refractivity contribution in [1.29, 1.82) is 0 Å². The van der Waals surface area contributed by atoms with E-state index in [0.29, 0.717) is 12.8 Å². The number of benzene rings is 1. The Kier molecular flexibility index (Phi) is 7.55. The van der Waals surface area contributed by atoms with E-state index in [9.17, 15) is 14.7 Å². The Morgan fingerprint density at radius 1 is 1.27 bits per heavy atom. The number of amides is 1. The molecule has 6 heteroatoms. The molecule has 0 aliphatic rings. The average Bonchev–Trinajstić information content (AvgIpc) is 2.47. The minimum absolute atomic E-state index is 0.184. The van der Waals surface area contributed by atoms with Gasteiger partial charge in [0, 0.05) is 10.9 Å². The molecular weight excluding hydrogens is 350 g/mol. The summed E-state index contributed by atoms with van der Waals surface area (Å²) in [6, 6.07) is 6.62. The second-order valence-electron chi connectivity index (χ2n) is 5.56. The van der Waals surface area contributed by atoms with Crippen LogP contribution in [-0.2, 0) is 20.7 Å². The molecule has 1 rings (SSSR count). The van der Waals surface area contributed by atoms with E-state index in [1.54, 1.807) is 0 Å². The Morgan fingerprint density at radius 3 is 2.36 bits per heavy atom. The van der Waals surface area contributed by atoms with Gasteiger partial charge in [0.25, 0.3) is 0 Å². The Morgan fingerprint density at radius 2 is 1.86 bits per heavy atom. The van der Waals surface area contributed by atoms with Gasteiger partial charge in [-0.2, -0.15) is 0 Å². The molecule has 0 aliphatic carbocycles. The third-order valence-electron chi connectivity index (χ3n) is 3.15. The SMILES string of the molecule is COC(=O)[C@@H](Cc1ccc(Br)cc1)NC(=O)[C@@H](O)CC(C)C. The number of nitrogens with one attached hydrogen (secondary N) is 1. The molecule has 2 N–H and O–H groups in total. The van der Waals surface area contributed by atoms with Crippen molar-refractivity contribution in [3.63, 3.8) is 0 Å². The maximum absolute atomic E-state index is 12.0. The van der Waals surface area contributed by atoms with Crippen LogP contribution in [0.4, 0.5) is 0 Å². The fourth-order valence-electron chi connectivity index (χ4n) is 2.01. The maximum atomic E-state index is 12.0. The first kappa shape index (κ1) is 18.6. The van der Waals surface area contributed by atoms with Gasteiger partial charge in [0.15, 0.2) is 0 Å². The van der Waals surface area contributed by atoms with Crippen molar-refractivity contribution >= 4 is 27.8 Å². The number of aliphatic hydroxyl groups is 1. The van der Waals surface area contributed by atoms with Gasteiger partial charge in [-0.15, -0.1) is 0 Å². The van der Waals surface area contributed by atoms with Gasteiger partial charge in [0.2, 0.25) is 5.91 Å². The topological polar surface area (TPSA) is 75.6 Å². The van der Waals surface area contributed by atoms with Crippen LogP contribution >= 0.6 is 15.9 Å². The van der Waals surface area contributed by atoms with E-state index < -0.39 is 24.0 Å². The van der Waals surface area contributed by atoms with Gasteiger partial charge in [-0.05, 0) is 30.0 Å². The van der Waals surface area contributed by atoms with Crippen LogP contribution in [0.2, 0.25) is 0 Å². The minimum atomic E-state index is -1.13. The van der Waals surface area contributed by atoms with Crippen LogP contribution in [0, 0.1) is 5.92 Å². The minimum Gasteiger partial charge on any atom is -0.467 e. The summed E-state index contributed by atoms with van der Waals surface area (Å²) in [6.07, 6.45) is -0.477. The third-order valence-corrected chi connectivity index (χ3v) is 3.68. The summed E-state index contributed by atoms with van der Waals surface area (Å²) in [6.45, 7) is 3.83. The molecule has 2 atom stereocenters. The van der Waals surface area contributed by atoms with Gasteiger partial charge in [0.1, 0.15) is 12.1 Å². The lowest BCUT2D eigenvalue weighted by Gasteiger charge is -2.19. The first-order valence-corrected chi connectivity index (χ1v) is 7.93. The van der Waals surface area contributed by atoms with Crippen molar-refractivity contribution in [3.8, 4) is 0 Å². The summed E-state index contributed by atoms with van der Waals surface area (Å²) in [5, 5.41) is 12.4. The zero-order chi connectivity index (χ0) is 16.7. The van der Waals surface area contributed by atoms with E-state index in [-0.39, 0.29) is 5.92 Å². The number of halogens is 1. The van der Waals surface area contributed by atoms with Crippen molar-refractivity contribution in [3.05, 3.63) is 34.3 Å². The lowest BCUT2D eigenvalue weighted by Crippen LogP contribution is -2.47. The first-order valence-electron chi connectivity index (χ1n) is 7.14. The molecule has 0 unspecified atom stereocenters. The van der Waals surface area contributed by atoms with Crippen LogP contribution in [0.15, 0.2) is 28.7 Å². The largest absolute Gasteiger partial charge is 0.467 e. The number of rotatable bonds is 7. The highest BCUT2D eigenvalue weighted by atomic mass is 79.9. The standard InChI is InChI=1S/C16H22BrNO4/c1-10(2)8-14(19)15(20)18-13(16(21)22-3)9-11-4-6-12(17)7-5-11/h4-7,10,13-14,19H,8-9H2,1-3H3,(H,18,20)/t13-,14+/m1/s1. The maximum Gasteiger partial charge on any atom is 0.328 e. The Bertz CT molecular complexity index is 501. The zero-order valence-electron chi connectivity index (χ0n) is 13.0. The summed E-state index contributed by atoms with van der Waals surface area (Å²) in [5.74, 6) is -0.905. The molecule has 0 spiro atoms. The van der Waals surface area contributed by atoms with E-state index in [1.165, 1.54) is 7.11 Å². The van der Waals surface area contributed by atoms with Gasteiger partial charge in [-0.1, -0.05) is 41.9 Å². The molecule has 0 radical (unpaired) electrons. The molecule has 122 valence electrons. The van der Waals surface area contributed by atoms with Crippen LogP contribution < -0.4 is 5.32 Å². The molecule has 1 aromatic rings. The van der Waals surface area contributed by atoms with Gasteiger partial charge < -0.3 is 15.2 Å². The number of carbonyl (C=O) groups is 2. The molecule has 0 aliphatic heterocycles. The molecule has 5 nitrogen and oxygen atoms in total. The van der Waals surface area contributed by atoms with Crippen LogP contribution in [0.1, 0.15) is 25.8 Å². The first-order chi connectivity index (χ1) is 10.3. The van der Waals surface area contributed by atoms with Crippen LogP contribution in [0.3, 0.4) is 0 Å². The summed E-state index contributed by atoms with van der Waals surface area (Å²) in [4.78, 5) is 23.8. The molecule has 0 fully saturated rings. The van der Waals surface area contributed by atoms with Gasteiger partial charge in [-0.25, -0.2) is 4.79 Å². The summed E-state index contributed by atoms with van der Waals surface area (Å²) >= 11 is 3.34. The van der Waals surface area contributed by atoms with E-state index in [4.69, 9.17) is 4.74 Å². The molecule has 0 bridgehead atoms. The molecule has 0 saturated heterocycles. The molecule has 0 aromatic heterocycles. The lowest BCUT2D eigenvalue weighted by molar-refractivity contribution is -0.146. The van der Waals surface area contributed by atoms with E-state index in [1.807, 2.05) is 38.1 Å². The predicted octanol–water partition coefficient (Wildman–Crippen LogP) is 2.06. The Hall–Kier alpha value is -1.40. The van der Waals surface area contributed by atoms with Crippen molar-refractivity contribution in [2.24, 2.45) is 5.92 Å². The van der Waals surface area contributed by atoms with Crippen molar-refractivity contribution in [2.45, 2.75) is 38.8 Å². The smallest absolute Gasteiger partial charge is 0.328 e. The van der Waals surface area contributed by atoms with E-state index in [0.717, 1.165) is 10.0 Å².